The summed E-state index contributed by atoms with van der Waals surface area (Å²) in [5.74, 6) is 0.511. The number of nitrogens with zero attached hydrogens (tertiary/aromatic N) is 2. The summed E-state index contributed by atoms with van der Waals surface area (Å²) in [5.41, 5.74) is 0. The van der Waals surface area contributed by atoms with Gasteiger partial charge in [0, 0.05) is 30.1 Å². The Morgan fingerprint density at radius 1 is 1.57 bits per heavy atom. The molecule has 1 rings (SSSR count). The van der Waals surface area contributed by atoms with E-state index in [4.69, 9.17) is 5.11 Å². The van der Waals surface area contributed by atoms with Gasteiger partial charge in [0.1, 0.15) is 0 Å². The Bertz CT molecular complexity index is 273. The summed E-state index contributed by atoms with van der Waals surface area (Å²) in [6.07, 6.45) is 1.94. The fourth-order valence-electron chi connectivity index (χ4n) is 1.18. The molecule has 0 aromatic carbocycles. The molecule has 4 heteroatoms. The minimum atomic E-state index is 0.215. The molecule has 1 aromatic heterocycles. The van der Waals surface area contributed by atoms with Crippen molar-refractivity contribution >= 4 is 11.3 Å². The van der Waals surface area contributed by atoms with Crippen LogP contribution in [0.25, 0.3) is 0 Å². The Labute approximate surface area is 89.4 Å². The average molecular weight is 214 g/mol. The van der Waals surface area contributed by atoms with Crippen molar-refractivity contribution in [2.24, 2.45) is 0 Å². The van der Waals surface area contributed by atoms with Gasteiger partial charge < -0.3 is 5.11 Å². The highest BCUT2D eigenvalue weighted by Crippen LogP contribution is 2.21. The summed E-state index contributed by atoms with van der Waals surface area (Å²) in [7, 11) is 2.00. The molecular weight excluding hydrogens is 196 g/mol. The molecule has 1 N–H and O–H groups in total. The van der Waals surface area contributed by atoms with Crippen molar-refractivity contribution in [3.63, 3.8) is 0 Å². The van der Waals surface area contributed by atoms with Gasteiger partial charge >= 0.3 is 0 Å². The minimum absolute atomic E-state index is 0.215. The van der Waals surface area contributed by atoms with Crippen LogP contribution in [0.2, 0.25) is 0 Å². The van der Waals surface area contributed by atoms with Crippen molar-refractivity contribution < 1.29 is 5.11 Å². The van der Waals surface area contributed by atoms with E-state index in [1.165, 1.54) is 9.88 Å². The largest absolute Gasteiger partial charge is 0.395 e. The molecule has 1 aromatic rings. The number of hydrogen-bond donors (Lipinski definition) is 1. The second kappa shape index (κ2) is 5.44. The van der Waals surface area contributed by atoms with Gasteiger partial charge in [-0.15, -0.1) is 11.3 Å². The van der Waals surface area contributed by atoms with Gasteiger partial charge in [-0.1, -0.05) is 13.8 Å². The van der Waals surface area contributed by atoms with Crippen LogP contribution < -0.4 is 0 Å². The lowest BCUT2D eigenvalue weighted by Gasteiger charge is -2.12. The maximum absolute atomic E-state index is 8.75. The average Bonchev–Trinajstić information content (AvgIpc) is 2.53. The zero-order chi connectivity index (χ0) is 10.6. The van der Waals surface area contributed by atoms with E-state index >= 15 is 0 Å². The van der Waals surface area contributed by atoms with Crippen LogP contribution in [0, 0.1) is 0 Å². The second-order valence-electron chi connectivity index (χ2n) is 3.78. The molecule has 0 aliphatic carbocycles. The van der Waals surface area contributed by atoms with E-state index < -0.39 is 0 Å². The predicted octanol–water partition coefficient (Wildman–Crippen LogP) is 1.69. The highest BCUT2D eigenvalue weighted by Gasteiger charge is 2.07. The number of aliphatic hydroxyl groups is 1. The molecule has 0 bridgehead atoms. The Kier molecular flexibility index (Phi) is 4.51. The van der Waals surface area contributed by atoms with Crippen LogP contribution >= 0.6 is 11.3 Å². The quantitative estimate of drug-likeness (QED) is 0.810. The first-order valence-electron chi connectivity index (χ1n) is 4.87. The lowest BCUT2D eigenvalue weighted by atomic mass is 10.2. The molecule has 0 fully saturated rings. The second-order valence-corrected chi connectivity index (χ2v) is 4.93. The van der Waals surface area contributed by atoms with Crippen LogP contribution in [-0.4, -0.2) is 35.2 Å². The number of likely N-dealkylation sites (N-methyl/N-ethyl adjacent to an activating group) is 1. The predicted molar refractivity (Wildman–Crippen MR) is 59.6 cm³/mol. The van der Waals surface area contributed by atoms with Crippen LogP contribution in [0.1, 0.15) is 29.7 Å². The molecule has 0 spiro atoms. The van der Waals surface area contributed by atoms with Crippen molar-refractivity contribution in [1.29, 1.82) is 0 Å². The third-order valence-electron chi connectivity index (χ3n) is 1.97. The lowest BCUT2D eigenvalue weighted by Crippen LogP contribution is -2.20. The van der Waals surface area contributed by atoms with Crippen molar-refractivity contribution in [3.05, 3.63) is 16.1 Å². The van der Waals surface area contributed by atoms with Gasteiger partial charge in [0.2, 0.25) is 0 Å². The fourth-order valence-corrected chi connectivity index (χ4v) is 2.18. The third kappa shape index (κ3) is 3.36. The van der Waals surface area contributed by atoms with E-state index in [9.17, 15) is 0 Å². The highest BCUT2D eigenvalue weighted by atomic mass is 32.1. The lowest BCUT2D eigenvalue weighted by molar-refractivity contribution is 0.218. The number of thiazole rings is 1. The zero-order valence-corrected chi connectivity index (χ0v) is 9.84. The molecule has 0 atom stereocenters. The number of hydrogen-bond acceptors (Lipinski definition) is 4. The fraction of sp³-hybridized carbons (Fsp3) is 0.700. The third-order valence-corrected chi connectivity index (χ3v) is 3.26. The smallest absolute Gasteiger partial charge is 0.0953 e. The first-order valence-corrected chi connectivity index (χ1v) is 5.69. The highest BCUT2D eigenvalue weighted by molar-refractivity contribution is 7.11. The van der Waals surface area contributed by atoms with Crippen molar-refractivity contribution in [1.82, 2.24) is 9.88 Å². The zero-order valence-electron chi connectivity index (χ0n) is 9.03. The van der Waals surface area contributed by atoms with Crippen molar-refractivity contribution in [2.45, 2.75) is 26.3 Å². The summed E-state index contributed by atoms with van der Waals surface area (Å²) in [4.78, 5) is 7.72. The Morgan fingerprint density at radius 3 is 2.79 bits per heavy atom. The topological polar surface area (TPSA) is 36.4 Å². The number of aliphatic hydroxyl groups excluding tert-OH is 1. The minimum Gasteiger partial charge on any atom is -0.395 e. The molecule has 0 aliphatic heterocycles. The van der Waals surface area contributed by atoms with Crippen molar-refractivity contribution in [3.8, 4) is 0 Å². The molecule has 0 amide bonds. The molecule has 0 radical (unpaired) electrons. The van der Waals surface area contributed by atoms with E-state index in [1.54, 1.807) is 11.3 Å². The van der Waals surface area contributed by atoms with Crippen LogP contribution in [0.3, 0.4) is 0 Å². The van der Waals surface area contributed by atoms with Gasteiger partial charge in [-0.25, -0.2) is 4.98 Å². The summed E-state index contributed by atoms with van der Waals surface area (Å²) in [6, 6.07) is 0. The summed E-state index contributed by atoms with van der Waals surface area (Å²) < 4.78 is 0. The molecule has 80 valence electrons. The van der Waals surface area contributed by atoms with E-state index in [0.29, 0.717) is 5.92 Å². The maximum atomic E-state index is 8.75. The molecule has 3 nitrogen and oxygen atoms in total. The Morgan fingerprint density at radius 2 is 2.29 bits per heavy atom. The molecule has 14 heavy (non-hydrogen) atoms. The van der Waals surface area contributed by atoms with Gasteiger partial charge in [0.25, 0.3) is 0 Å². The molecule has 1 heterocycles. The van der Waals surface area contributed by atoms with Crippen LogP contribution in [0.5, 0.6) is 0 Å². The van der Waals surface area contributed by atoms with Gasteiger partial charge in [-0.05, 0) is 7.05 Å². The van der Waals surface area contributed by atoms with Crippen LogP contribution in [0.15, 0.2) is 6.20 Å². The van der Waals surface area contributed by atoms with E-state index in [1.807, 2.05) is 13.2 Å². The summed E-state index contributed by atoms with van der Waals surface area (Å²) in [6.45, 7) is 6.12. The number of aromatic nitrogens is 1. The summed E-state index contributed by atoms with van der Waals surface area (Å²) in [5, 5.41) is 9.95. The first kappa shape index (κ1) is 11.6. The summed E-state index contributed by atoms with van der Waals surface area (Å²) >= 11 is 1.76. The van der Waals surface area contributed by atoms with Gasteiger partial charge in [0.15, 0.2) is 0 Å². The standard InChI is InChI=1S/C10H18N2OS/c1-8(2)10-11-6-9(14-10)7-12(3)4-5-13/h6,8,13H,4-5,7H2,1-3H3. The van der Waals surface area contributed by atoms with Gasteiger partial charge in [-0.3, -0.25) is 4.90 Å². The van der Waals surface area contributed by atoms with Crippen LogP contribution in [0.4, 0.5) is 0 Å². The normalized spacial score (nSPS) is 11.6. The SMILES string of the molecule is CC(C)c1ncc(CN(C)CCO)s1. The van der Waals surface area contributed by atoms with Crippen molar-refractivity contribution in [2.75, 3.05) is 20.2 Å². The maximum Gasteiger partial charge on any atom is 0.0953 e. The van der Waals surface area contributed by atoms with E-state index in [2.05, 4.69) is 23.7 Å². The molecule has 0 saturated heterocycles. The van der Waals surface area contributed by atoms with Gasteiger partial charge in [-0.2, -0.15) is 0 Å². The Balaban J connectivity index is 2.51. The molecular formula is C10H18N2OS. The molecule has 0 unspecified atom stereocenters. The van der Waals surface area contributed by atoms with E-state index in [-0.39, 0.29) is 6.61 Å². The Hall–Kier alpha value is -0.450. The monoisotopic (exact) mass is 214 g/mol. The number of rotatable bonds is 5. The first-order chi connectivity index (χ1) is 6.63. The molecule has 0 saturated carbocycles. The van der Waals surface area contributed by atoms with Crippen LogP contribution in [-0.2, 0) is 6.54 Å². The van der Waals surface area contributed by atoms with Gasteiger partial charge in [0.05, 0.1) is 11.6 Å². The van der Waals surface area contributed by atoms with E-state index in [0.717, 1.165) is 13.1 Å². The molecule has 0 aliphatic rings.